The summed E-state index contributed by atoms with van der Waals surface area (Å²) in [5.41, 5.74) is 1.22. The van der Waals surface area contributed by atoms with Gasteiger partial charge in [-0.3, -0.25) is 0 Å². The third-order valence-corrected chi connectivity index (χ3v) is 3.63. The lowest BCUT2D eigenvalue weighted by atomic mass is 10.2. The van der Waals surface area contributed by atoms with Crippen molar-refractivity contribution in [2.75, 3.05) is 20.3 Å². The fourth-order valence-electron chi connectivity index (χ4n) is 1.92. The van der Waals surface area contributed by atoms with Gasteiger partial charge in [-0.2, -0.15) is 0 Å². The first-order valence-electron chi connectivity index (χ1n) is 6.93. The Hall–Kier alpha value is -1.30. The van der Waals surface area contributed by atoms with Crippen molar-refractivity contribution < 1.29 is 13.9 Å². The van der Waals surface area contributed by atoms with Gasteiger partial charge >= 0.3 is 0 Å². The van der Waals surface area contributed by atoms with E-state index in [4.69, 9.17) is 13.9 Å². The van der Waals surface area contributed by atoms with Gasteiger partial charge in [-0.15, -0.1) is 0 Å². The number of halogens is 1. The molecule has 0 spiro atoms. The second-order valence-electron chi connectivity index (χ2n) is 4.63. The summed E-state index contributed by atoms with van der Waals surface area (Å²) in [7, 11) is 1.67. The second-order valence-corrected chi connectivity index (χ2v) is 5.49. The maximum Gasteiger partial charge on any atom is 0.133 e. The third-order valence-electron chi connectivity index (χ3n) is 3.01. The number of methoxy groups -OCH3 is 1. The molecule has 0 amide bonds. The molecule has 2 aromatic rings. The smallest absolute Gasteiger partial charge is 0.133 e. The van der Waals surface area contributed by atoms with E-state index in [1.165, 1.54) is 5.56 Å². The highest BCUT2D eigenvalue weighted by Crippen LogP contribution is 2.25. The van der Waals surface area contributed by atoms with Crippen molar-refractivity contribution in [2.24, 2.45) is 0 Å². The Morgan fingerprint density at radius 1 is 1.29 bits per heavy atom. The highest BCUT2D eigenvalue weighted by molar-refractivity contribution is 9.10. The van der Waals surface area contributed by atoms with Crippen molar-refractivity contribution >= 4 is 15.9 Å². The maximum atomic E-state index is 5.52. The van der Waals surface area contributed by atoms with Crippen molar-refractivity contribution in [1.29, 1.82) is 0 Å². The number of ether oxygens (including phenoxy) is 2. The Kier molecular flexibility index (Phi) is 6.79. The molecule has 4 nitrogen and oxygen atoms in total. The molecule has 1 N–H and O–H groups in total. The maximum absolute atomic E-state index is 5.52. The van der Waals surface area contributed by atoms with E-state index in [2.05, 4.69) is 33.4 Å². The van der Waals surface area contributed by atoms with Crippen LogP contribution in [0.2, 0.25) is 0 Å². The molecule has 0 aliphatic heterocycles. The van der Waals surface area contributed by atoms with Gasteiger partial charge in [0.1, 0.15) is 18.1 Å². The van der Waals surface area contributed by atoms with Gasteiger partial charge in [-0.05, 0) is 58.7 Å². The lowest BCUT2D eigenvalue weighted by Crippen LogP contribution is -2.16. The summed E-state index contributed by atoms with van der Waals surface area (Å²) in [5, 5.41) is 3.39. The Morgan fingerprint density at radius 3 is 2.90 bits per heavy atom. The molecule has 0 unspecified atom stereocenters. The predicted octanol–water partition coefficient (Wildman–Crippen LogP) is 3.75. The summed E-state index contributed by atoms with van der Waals surface area (Å²) in [6.45, 7) is 3.01. The summed E-state index contributed by atoms with van der Waals surface area (Å²) in [5.74, 6) is 1.72. The molecule has 0 saturated carbocycles. The van der Waals surface area contributed by atoms with Crippen LogP contribution < -0.4 is 10.1 Å². The third kappa shape index (κ3) is 5.53. The number of nitrogens with one attached hydrogen (secondary N) is 1. The molecule has 21 heavy (non-hydrogen) atoms. The molecule has 0 fully saturated rings. The van der Waals surface area contributed by atoms with Gasteiger partial charge in [0, 0.05) is 13.2 Å². The van der Waals surface area contributed by atoms with Crippen LogP contribution in [-0.4, -0.2) is 20.3 Å². The molecule has 0 aliphatic rings. The van der Waals surface area contributed by atoms with Crippen LogP contribution in [0.5, 0.6) is 5.75 Å². The molecule has 114 valence electrons. The van der Waals surface area contributed by atoms with Gasteiger partial charge in [0.05, 0.1) is 17.8 Å². The second kappa shape index (κ2) is 8.87. The van der Waals surface area contributed by atoms with Crippen LogP contribution in [0.3, 0.4) is 0 Å². The van der Waals surface area contributed by atoms with Crippen molar-refractivity contribution in [3.63, 3.8) is 0 Å². The van der Waals surface area contributed by atoms with Gasteiger partial charge in [0.15, 0.2) is 0 Å². The average molecular weight is 354 g/mol. The minimum Gasteiger partial charge on any atom is -0.496 e. The fourth-order valence-corrected chi connectivity index (χ4v) is 2.51. The largest absolute Gasteiger partial charge is 0.496 e. The molecular formula is C16H20BrNO3. The first-order valence-corrected chi connectivity index (χ1v) is 7.72. The molecule has 0 atom stereocenters. The van der Waals surface area contributed by atoms with Crippen LogP contribution in [0.4, 0.5) is 0 Å². The summed E-state index contributed by atoms with van der Waals surface area (Å²) < 4.78 is 16.9. The van der Waals surface area contributed by atoms with E-state index in [1.807, 2.05) is 18.2 Å². The van der Waals surface area contributed by atoms with Gasteiger partial charge < -0.3 is 19.2 Å². The van der Waals surface area contributed by atoms with E-state index in [-0.39, 0.29) is 0 Å². The molecular weight excluding hydrogens is 334 g/mol. The Morgan fingerprint density at radius 2 is 2.19 bits per heavy atom. The van der Waals surface area contributed by atoms with Crippen LogP contribution >= 0.6 is 15.9 Å². The Labute approximate surface area is 133 Å². The summed E-state index contributed by atoms with van der Waals surface area (Å²) in [4.78, 5) is 0. The molecule has 0 saturated heterocycles. The van der Waals surface area contributed by atoms with Crippen LogP contribution in [0.25, 0.3) is 0 Å². The normalized spacial score (nSPS) is 10.8. The quantitative estimate of drug-likeness (QED) is 0.697. The van der Waals surface area contributed by atoms with Gasteiger partial charge in [0.2, 0.25) is 0 Å². The van der Waals surface area contributed by atoms with Gasteiger partial charge in [-0.1, -0.05) is 6.07 Å². The highest BCUT2D eigenvalue weighted by atomic mass is 79.9. The zero-order valence-corrected chi connectivity index (χ0v) is 13.7. The first-order chi connectivity index (χ1) is 10.3. The van der Waals surface area contributed by atoms with E-state index in [0.29, 0.717) is 6.61 Å². The number of hydrogen-bond acceptors (Lipinski definition) is 4. The van der Waals surface area contributed by atoms with Crippen LogP contribution in [-0.2, 0) is 17.9 Å². The molecule has 0 bridgehead atoms. The minimum atomic E-state index is 0.540. The van der Waals surface area contributed by atoms with Crippen molar-refractivity contribution in [1.82, 2.24) is 5.32 Å². The van der Waals surface area contributed by atoms with Gasteiger partial charge in [0.25, 0.3) is 0 Å². The lowest BCUT2D eigenvalue weighted by Gasteiger charge is -2.08. The standard InChI is InChI=1S/C16H20BrNO3/c1-19-16-6-5-13(10-15(16)17)11-18-7-3-8-20-12-14-4-2-9-21-14/h2,4-6,9-10,18H,3,7-8,11-12H2,1H3. The Bertz CT molecular complexity index is 528. The molecule has 0 radical (unpaired) electrons. The molecule has 1 heterocycles. The molecule has 1 aromatic heterocycles. The van der Waals surface area contributed by atoms with Crippen LogP contribution in [0, 0.1) is 0 Å². The summed E-state index contributed by atoms with van der Waals surface area (Å²) in [6.07, 6.45) is 2.63. The molecule has 0 aliphatic carbocycles. The average Bonchev–Trinajstić information content (AvgIpc) is 3.00. The number of rotatable bonds is 9. The van der Waals surface area contributed by atoms with Crippen molar-refractivity contribution in [3.8, 4) is 5.75 Å². The summed E-state index contributed by atoms with van der Waals surface area (Å²) >= 11 is 3.49. The predicted molar refractivity (Wildman–Crippen MR) is 85.4 cm³/mol. The number of benzene rings is 1. The monoisotopic (exact) mass is 353 g/mol. The van der Waals surface area contributed by atoms with Crippen molar-refractivity contribution in [2.45, 2.75) is 19.6 Å². The fraction of sp³-hybridized carbons (Fsp3) is 0.375. The SMILES string of the molecule is COc1ccc(CNCCCOCc2ccco2)cc1Br. The van der Waals surface area contributed by atoms with E-state index >= 15 is 0 Å². The highest BCUT2D eigenvalue weighted by Gasteiger charge is 2.01. The summed E-state index contributed by atoms with van der Waals surface area (Å²) in [6, 6.07) is 9.88. The minimum absolute atomic E-state index is 0.540. The topological polar surface area (TPSA) is 43.6 Å². The zero-order valence-electron chi connectivity index (χ0n) is 12.1. The van der Waals surface area contributed by atoms with E-state index in [0.717, 1.165) is 42.1 Å². The van der Waals surface area contributed by atoms with E-state index in [1.54, 1.807) is 13.4 Å². The van der Waals surface area contributed by atoms with E-state index in [9.17, 15) is 0 Å². The van der Waals surface area contributed by atoms with Crippen LogP contribution in [0.1, 0.15) is 17.7 Å². The van der Waals surface area contributed by atoms with Crippen LogP contribution in [0.15, 0.2) is 45.5 Å². The first kappa shape index (κ1) is 16.1. The van der Waals surface area contributed by atoms with Gasteiger partial charge in [-0.25, -0.2) is 0 Å². The molecule has 5 heteroatoms. The molecule has 2 rings (SSSR count). The molecule has 1 aromatic carbocycles. The van der Waals surface area contributed by atoms with E-state index < -0.39 is 0 Å². The Balaban J connectivity index is 1.56. The van der Waals surface area contributed by atoms with Crippen molar-refractivity contribution in [3.05, 3.63) is 52.4 Å². The number of hydrogen-bond donors (Lipinski definition) is 1. The lowest BCUT2D eigenvalue weighted by molar-refractivity contribution is 0.104. The zero-order chi connectivity index (χ0) is 14.9. The number of furan rings is 1.